The Kier molecular flexibility index (Phi) is 6.72. The lowest BCUT2D eigenvalue weighted by molar-refractivity contribution is 0.0935. The first-order chi connectivity index (χ1) is 15.5. The molecule has 32 heavy (non-hydrogen) atoms. The summed E-state index contributed by atoms with van der Waals surface area (Å²) in [5, 5.41) is 3.27. The van der Waals surface area contributed by atoms with Crippen molar-refractivity contribution in [3.8, 4) is 11.3 Å². The molecule has 0 aliphatic carbocycles. The summed E-state index contributed by atoms with van der Waals surface area (Å²) < 4.78 is 0.797. The normalized spacial score (nSPS) is 10.4. The van der Waals surface area contributed by atoms with Gasteiger partial charge in [-0.3, -0.25) is 25.8 Å². The van der Waals surface area contributed by atoms with Crippen molar-refractivity contribution in [2.24, 2.45) is 0 Å². The molecule has 3 aromatic carbocycles. The number of nitrogens with zero attached hydrogens (tertiary/aromatic N) is 1. The van der Waals surface area contributed by atoms with Crippen LogP contribution in [0.5, 0.6) is 0 Å². The average Bonchev–Trinajstić information content (AvgIpc) is 2.82. The summed E-state index contributed by atoms with van der Waals surface area (Å²) >= 11 is 7.25. The Morgan fingerprint density at radius 2 is 1.47 bits per heavy atom. The Labute approximate surface area is 203 Å². The number of hydrogen-bond donors (Lipinski definition) is 3. The van der Waals surface area contributed by atoms with Gasteiger partial charge in [-0.15, -0.1) is 0 Å². The van der Waals surface area contributed by atoms with E-state index in [1.807, 2.05) is 66.7 Å². The molecule has 0 fully saturated rings. The van der Waals surface area contributed by atoms with E-state index in [2.05, 4.69) is 43.7 Å². The van der Waals surface area contributed by atoms with Gasteiger partial charge in [0.25, 0.3) is 11.8 Å². The van der Waals surface area contributed by atoms with E-state index >= 15 is 0 Å². The van der Waals surface area contributed by atoms with Crippen molar-refractivity contribution >= 4 is 62.6 Å². The van der Waals surface area contributed by atoms with E-state index in [9.17, 15) is 9.59 Å². The number of hydrogen-bond acceptors (Lipinski definition) is 4. The second-order valence-corrected chi connectivity index (χ2v) is 8.35. The lowest BCUT2D eigenvalue weighted by atomic mass is 10.0. The number of amides is 2. The third-order valence-corrected chi connectivity index (χ3v) is 5.81. The standard InChI is InChI=1S/C24H17IN4O2S/c25-19-12-6-4-11-17(19)22(30)27-24(32)29-28-23(31)18-14-21(15-8-2-1-3-9-15)26-20-13-7-5-10-16(18)20/h1-14H,(H,28,31)(H2,27,29,30,32). The summed E-state index contributed by atoms with van der Waals surface area (Å²) in [6, 6.07) is 25.9. The summed E-state index contributed by atoms with van der Waals surface area (Å²) in [6.45, 7) is 0. The first kappa shape index (κ1) is 21.8. The summed E-state index contributed by atoms with van der Waals surface area (Å²) in [4.78, 5) is 30.1. The van der Waals surface area contributed by atoms with Crippen molar-refractivity contribution in [2.75, 3.05) is 0 Å². The monoisotopic (exact) mass is 552 g/mol. The second kappa shape index (κ2) is 9.84. The molecule has 0 spiro atoms. The SMILES string of the molecule is O=C(NC(=S)NNC(=O)c1cc(-c2ccccc2)nc2ccccc12)c1ccccc1I. The van der Waals surface area contributed by atoms with Crippen LogP contribution in [0.3, 0.4) is 0 Å². The first-order valence-corrected chi connectivity index (χ1v) is 11.1. The van der Waals surface area contributed by atoms with E-state index in [1.54, 1.807) is 18.2 Å². The molecule has 6 nitrogen and oxygen atoms in total. The number of pyridine rings is 1. The van der Waals surface area contributed by atoms with Gasteiger partial charge < -0.3 is 0 Å². The van der Waals surface area contributed by atoms with Gasteiger partial charge in [-0.25, -0.2) is 4.98 Å². The van der Waals surface area contributed by atoms with Gasteiger partial charge in [0, 0.05) is 14.5 Å². The smallest absolute Gasteiger partial charge is 0.270 e. The minimum Gasteiger partial charge on any atom is -0.298 e. The van der Waals surface area contributed by atoms with E-state index in [1.165, 1.54) is 0 Å². The molecule has 0 aliphatic rings. The molecular formula is C24H17IN4O2S. The van der Waals surface area contributed by atoms with Crippen LogP contribution in [0.2, 0.25) is 0 Å². The summed E-state index contributed by atoms with van der Waals surface area (Å²) in [5.41, 5.74) is 8.39. The van der Waals surface area contributed by atoms with Gasteiger partial charge in [-0.1, -0.05) is 60.7 Å². The molecule has 0 atom stereocenters. The minimum atomic E-state index is -0.397. The van der Waals surface area contributed by atoms with Crippen LogP contribution < -0.4 is 16.2 Å². The number of halogens is 1. The van der Waals surface area contributed by atoms with E-state index in [0.717, 1.165) is 9.13 Å². The van der Waals surface area contributed by atoms with Crippen molar-refractivity contribution in [1.82, 2.24) is 21.2 Å². The average molecular weight is 552 g/mol. The maximum absolute atomic E-state index is 13.0. The van der Waals surface area contributed by atoms with Crippen LogP contribution in [-0.2, 0) is 0 Å². The predicted octanol–water partition coefficient (Wildman–Crippen LogP) is 4.46. The lowest BCUT2D eigenvalue weighted by Crippen LogP contribution is -2.48. The minimum absolute atomic E-state index is 0.00959. The topological polar surface area (TPSA) is 83.1 Å². The number of para-hydroxylation sites is 1. The maximum Gasteiger partial charge on any atom is 0.270 e. The van der Waals surface area contributed by atoms with Gasteiger partial charge >= 0.3 is 0 Å². The van der Waals surface area contributed by atoms with Gasteiger partial charge in [0.05, 0.1) is 22.3 Å². The number of carbonyl (C=O) groups is 2. The number of thiocarbonyl (C=S) groups is 1. The van der Waals surface area contributed by atoms with Crippen LogP contribution in [-0.4, -0.2) is 21.9 Å². The van der Waals surface area contributed by atoms with Crippen molar-refractivity contribution in [1.29, 1.82) is 0 Å². The van der Waals surface area contributed by atoms with Crippen molar-refractivity contribution < 1.29 is 9.59 Å². The van der Waals surface area contributed by atoms with Crippen molar-refractivity contribution in [3.63, 3.8) is 0 Å². The Hall–Kier alpha value is -3.37. The van der Waals surface area contributed by atoms with E-state index in [-0.39, 0.29) is 11.0 Å². The molecule has 8 heteroatoms. The largest absolute Gasteiger partial charge is 0.298 e. The van der Waals surface area contributed by atoms with Gasteiger partial charge in [0.2, 0.25) is 0 Å². The van der Waals surface area contributed by atoms with Crippen molar-refractivity contribution in [2.45, 2.75) is 0 Å². The molecule has 0 aliphatic heterocycles. The molecule has 4 aromatic rings. The Balaban J connectivity index is 1.52. The van der Waals surface area contributed by atoms with Crippen LogP contribution in [0.25, 0.3) is 22.2 Å². The van der Waals surface area contributed by atoms with Crippen LogP contribution >= 0.6 is 34.8 Å². The highest BCUT2D eigenvalue weighted by molar-refractivity contribution is 14.1. The van der Waals surface area contributed by atoms with Gasteiger partial charge in [-0.05, 0) is 59.1 Å². The van der Waals surface area contributed by atoms with Gasteiger partial charge in [0.1, 0.15) is 0 Å². The molecular weight excluding hydrogens is 535 g/mol. The molecule has 158 valence electrons. The third-order valence-electron chi connectivity index (χ3n) is 4.67. The van der Waals surface area contributed by atoms with Crippen LogP contribution in [0.1, 0.15) is 20.7 Å². The Morgan fingerprint density at radius 3 is 2.25 bits per heavy atom. The molecule has 0 saturated carbocycles. The lowest BCUT2D eigenvalue weighted by Gasteiger charge is -2.13. The molecule has 2 amide bonds. The molecule has 4 rings (SSSR count). The molecule has 3 N–H and O–H groups in total. The van der Waals surface area contributed by atoms with Gasteiger partial charge in [0.15, 0.2) is 5.11 Å². The zero-order chi connectivity index (χ0) is 22.5. The number of hydrazine groups is 1. The number of aromatic nitrogens is 1. The Bertz CT molecular complexity index is 1330. The van der Waals surface area contributed by atoms with Gasteiger partial charge in [-0.2, -0.15) is 0 Å². The summed E-state index contributed by atoms with van der Waals surface area (Å²) in [7, 11) is 0. The zero-order valence-electron chi connectivity index (χ0n) is 16.6. The highest BCUT2D eigenvalue weighted by atomic mass is 127. The third kappa shape index (κ3) is 4.92. The molecule has 0 saturated heterocycles. The highest BCUT2D eigenvalue weighted by Crippen LogP contribution is 2.24. The Morgan fingerprint density at radius 1 is 0.781 bits per heavy atom. The van der Waals surface area contributed by atoms with E-state index in [4.69, 9.17) is 12.2 Å². The summed E-state index contributed by atoms with van der Waals surface area (Å²) in [5.74, 6) is -0.755. The molecule has 0 unspecified atom stereocenters. The highest BCUT2D eigenvalue weighted by Gasteiger charge is 2.15. The molecule has 0 bridgehead atoms. The number of nitrogens with one attached hydrogen (secondary N) is 3. The first-order valence-electron chi connectivity index (χ1n) is 9.64. The second-order valence-electron chi connectivity index (χ2n) is 6.78. The number of fused-ring (bicyclic) bond motifs is 1. The molecule has 1 heterocycles. The number of benzene rings is 3. The van der Waals surface area contributed by atoms with Crippen LogP contribution in [0.15, 0.2) is 84.9 Å². The predicted molar refractivity (Wildman–Crippen MR) is 137 cm³/mol. The quantitative estimate of drug-likeness (QED) is 0.199. The fourth-order valence-electron chi connectivity index (χ4n) is 3.15. The van der Waals surface area contributed by atoms with E-state index < -0.39 is 5.91 Å². The van der Waals surface area contributed by atoms with Crippen molar-refractivity contribution in [3.05, 3.63) is 99.6 Å². The fraction of sp³-hybridized carbons (Fsp3) is 0. The number of rotatable bonds is 3. The molecule has 1 aromatic heterocycles. The fourth-order valence-corrected chi connectivity index (χ4v) is 3.92. The summed E-state index contributed by atoms with van der Waals surface area (Å²) in [6.07, 6.45) is 0. The number of carbonyl (C=O) groups excluding carboxylic acids is 2. The zero-order valence-corrected chi connectivity index (χ0v) is 19.6. The van der Waals surface area contributed by atoms with Crippen LogP contribution in [0.4, 0.5) is 0 Å². The maximum atomic E-state index is 13.0. The van der Waals surface area contributed by atoms with Crippen LogP contribution in [0, 0.1) is 3.57 Å². The molecule has 0 radical (unpaired) electrons. The van der Waals surface area contributed by atoms with E-state index in [0.29, 0.717) is 27.7 Å².